The Morgan fingerprint density at radius 1 is 1.04 bits per heavy atom. The van der Waals surface area contributed by atoms with Crippen molar-refractivity contribution in [1.29, 1.82) is 0 Å². The average Bonchev–Trinajstić information content (AvgIpc) is 2.44. The normalized spacial score (nSPS) is 12.3. The summed E-state index contributed by atoms with van der Waals surface area (Å²) in [6.45, 7) is 1.90. The van der Waals surface area contributed by atoms with Crippen LogP contribution >= 0.6 is 15.9 Å². The molecule has 0 bridgehead atoms. The number of hydrogen-bond donors (Lipinski definition) is 2. The first-order chi connectivity index (χ1) is 10.6. The van der Waals surface area contributed by atoms with Gasteiger partial charge >= 0.3 is 0 Å². The molecule has 0 saturated heterocycles. The summed E-state index contributed by atoms with van der Waals surface area (Å²) < 4.78 is 49.9. The lowest BCUT2D eigenvalue weighted by Gasteiger charge is -2.09. The summed E-state index contributed by atoms with van der Waals surface area (Å²) in [7, 11) is -7.44. The third kappa shape index (κ3) is 4.61. The highest BCUT2D eigenvalue weighted by atomic mass is 79.9. The third-order valence-corrected chi connectivity index (χ3v) is 6.40. The minimum atomic E-state index is -3.76. The number of sulfonamides is 2. The van der Waals surface area contributed by atoms with Crippen molar-refractivity contribution >= 4 is 36.0 Å². The second-order valence-corrected chi connectivity index (χ2v) is 9.10. The molecule has 2 aromatic rings. The lowest BCUT2D eigenvalue weighted by atomic mass is 10.2. The van der Waals surface area contributed by atoms with E-state index in [9.17, 15) is 16.8 Å². The molecule has 0 aliphatic carbocycles. The first-order valence-electron chi connectivity index (χ1n) is 6.47. The summed E-state index contributed by atoms with van der Waals surface area (Å²) >= 11 is 3.24. The Bertz CT molecular complexity index is 924. The van der Waals surface area contributed by atoms with Crippen LogP contribution in [0.25, 0.3) is 0 Å². The van der Waals surface area contributed by atoms with Gasteiger partial charge in [-0.3, -0.25) is 0 Å². The molecule has 0 saturated carbocycles. The van der Waals surface area contributed by atoms with Gasteiger partial charge in [0.15, 0.2) is 0 Å². The van der Waals surface area contributed by atoms with E-state index in [-0.39, 0.29) is 16.3 Å². The molecule has 2 rings (SSSR count). The summed E-state index contributed by atoms with van der Waals surface area (Å²) in [5.74, 6) is 0. The molecule has 124 valence electrons. The number of nitrogens with one attached hydrogen (secondary N) is 1. The first-order valence-corrected chi connectivity index (χ1v) is 10.3. The fraction of sp³-hybridized carbons (Fsp3) is 0.143. The Morgan fingerprint density at radius 2 is 1.65 bits per heavy atom. The van der Waals surface area contributed by atoms with Gasteiger partial charge in [0.1, 0.15) is 0 Å². The molecule has 0 radical (unpaired) electrons. The van der Waals surface area contributed by atoms with Crippen LogP contribution in [0, 0.1) is 6.92 Å². The Hall–Kier alpha value is -1.26. The van der Waals surface area contributed by atoms with E-state index in [1.807, 2.05) is 6.92 Å². The van der Waals surface area contributed by atoms with Crippen molar-refractivity contribution in [2.75, 3.05) is 0 Å². The van der Waals surface area contributed by atoms with Crippen LogP contribution in [0.15, 0.2) is 56.7 Å². The van der Waals surface area contributed by atoms with Crippen LogP contribution in [0.2, 0.25) is 0 Å². The van der Waals surface area contributed by atoms with Crippen molar-refractivity contribution < 1.29 is 16.8 Å². The predicted molar refractivity (Wildman–Crippen MR) is 90.7 cm³/mol. The highest BCUT2D eigenvalue weighted by Gasteiger charge is 2.17. The maximum absolute atomic E-state index is 12.3. The smallest absolute Gasteiger partial charge is 0.225 e. The zero-order valence-electron chi connectivity index (χ0n) is 12.2. The maximum atomic E-state index is 12.3. The summed E-state index contributed by atoms with van der Waals surface area (Å²) in [5.41, 5.74) is 1.55. The van der Waals surface area contributed by atoms with Gasteiger partial charge in [0, 0.05) is 11.0 Å². The van der Waals surface area contributed by atoms with Crippen LogP contribution in [0.1, 0.15) is 11.1 Å². The molecule has 0 atom stereocenters. The number of halogens is 1. The highest BCUT2D eigenvalue weighted by molar-refractivity contribution is 9.10. The van der Waals surface area contributed by atoms with Crippen molar-refractivity contribution in [3.8, 4) is 0 Å². The quantitative estimate of drug-likeness (QED) is 0.772. The molecule has 0 aliphatic heterocycles. The number of aryl methyl sites for hydroxylation is 1. The average molecular weight is 419 g/mol. The molecule has 0 unspecified atom stereocenters. The van der Waals surface area contributed by atoms with Gasteiger partial charge in [-0.25, -0.2) is 26.7 Å². The van der Waals surface area contributed by atoms with E-state index >= 15 is 0 Å². The standard InChI is InChI=1S/C14H15BrN2O4S2/c1-10-2-7-14(13(15)8-10)23(20,21)17-9-11-3-5-12(6-4-11)22(16,18)19/h2-8,17H,9H2,1H3,(H2,16,18,19). The minimum absolute atomic E-state index is 0.0228. The summed E-state index contributed by atoms with van der Waals surface area (Å²) in [5, 5.41) is 5.01. The van der Waals surface area contributed by atoms with Crippen LogP contribution < -0.4 is 9.86 Å². The Morgan fingerprint density at radius 3 is 2.17 bits per heavy atom. The van der Waals surface area contributed by atoms with E-state index < -0.39 is 20.0 Å². The third-order valence-electron chi connectivity index (χ3n) is 3.10. The number of rotatable bonds is 5. The fourth-order valence-electron chi connectivity index (χ4n) is 1.88. The van der Waals surface area contributed by atoms with Gasteiger partial charge in [-0.2, -0.15) is 0 Å². The molecular formula is C14H15BrN2O4S2. The second-order valence-electron chi connectivity index (χ2n) is 4.95. The van der Waals surface area contributed by atoms with Crippen molar-refractivity contribution in [2.45, 2.75) is 23.3 Å². The lowest BCUT2D eigenvalue weighted by molar-refractivity contribution is 0.580. The number of benzene rings is 2. The molecule has 9 heteroatoms. The van der Waals surface area contributed by atoms with Gasteiger partial charge in [-0.15, -0.1) is 0 Å². The molecule has 0 aliphatic rings. The molecule has 0 amide bonds. The van der Waals surface area contributed by atoms with Gasteiger partial charge in [-0.1, -0.05) is 18.2 Å². The van der Waals surface area contributed by atoms with Crippen LogP contribution in [-0.4, -0.2) is 16.8 Å². The largest absolute Gasteiger partial charge is 0.241 e. The number of primary sulfonamides is 1. The van der Waals surface area contributed by atoms with E-state index in [1.54, 1.807) is 12.1 Å². The minimum Gasteiger partial charge on any atom is -0.225 e. The Balaban J connectivity index is 2.16. The number of hydrogen-bond acceptors (Lipinski definition) is 4. The van der Waals surface area contributed by atoms with Crippen molar-refractivity contribution in [3.63, 3.8) is 0 Å². The topological polar surface area (TPSA) is 106 Å². The van der Waals surface area contributed by atoms with Gasteiger partial charge in [-0.05, 0) is 58.2 Å². The lowest BCUT2D eigenvalue weighted by Crippen LogP contribution is -2.23. The zero-order chi connectivity index (χ0) is 17.3. The van der Waals surface area contributed by atoms with Gasteiger partial charge in [0.2, 0.25) is 20.0 Å². The zero-order valence-corrected chi connectivity index (χ0v) is 15.4. The predicted octanol–water partition coefficient (Wildman–Crippen LogP) is 1.88. The van der Waals surface area contributed by atoms with E-state index in [1.165, 1.54) is 30.3 Å². The van der Waals surface area contributed by atoms with Crippen LogP contribution in [0.5, 0.6) is 0 Å². The van der Waals surface area contributed by atoms with E-state index in [4.69, 9.17) is 5.14 Å². The van der Waals surface area contributed by atoms with E-state index in [0.717, 1.165) is 5.56 Å². The summed E-state index contributed by atoms with van der Waals surface area (Å²) in [6.07, 6.45) is 0. The van der Waals surface area contributed by atoms with E-state index in [2.05, 4.69) is 20.7 Å². The maximum Gasteiger partial charge on any atom is 0.241 e. The summed E-state index contributed by atoms with van der Waals surface area (Å²) in [4.78, 5) is 0.120. The molecule has 0 aromatic heterocycles. The van der Waals surface area contributed by atoms with Gasteiger partial charge in [0.25, 0.3) is 0 Å². The van der Waals surface area contributed by atoms with Crippen molar-refractivity contribution in [1.82, 2.24) is 4.72 Å². The highest BCUT2D eigenvalue weighted by Crippen LogP contribution is 2.23. The molecular weight excluding hydrogens is 404 g/mol. The molecule has 3 N–H and O–H groups in total. The molecule has 23 heavy (non-hydrogen) atoms. The molecule has 0 heterocycles. The van der Waals surface area contributed by atoms with Gasteiger partial charge < -0.3 is 0 Å². The summed E-state index contributed by atoms with van der Waals surface area (Å²) in [6, 6.07) is 10.6. The second kappa shape index (κ2) is 6.70. The fourth-order valence-corrected chi connectivity index (χ4v) is 4.60. The molecule has 2 aromatic carbocycles. The van der Waals surface area contributed by atoms with Crippen LogP contribution in [0.3, 0.4) is 0 Å². The van der Waals surface area contributed by atoms with E-state index in [0.29, 0.717) is 10.0 Å². The van der Waals surface area contributed by atoms with Crippen molar-refractivity contribution in [3.05, 3.63) is 58.1 Å². The monoisotopic (exact) mass is 418 g/mol. The SMILES string of the molecule is Cc1ccc(S(=O)(=O)NCc2ccc(S(N)(=O)=O)cc2)c(Br)c1. The van der Waals surface area contributed by atoms with Crippen LogP contribution in [0.4, 0.5) is 0 Å². The number of nitrogens with two attached hydrogens (primary N) is 1. The molecule has 0 spiro atoms. The Labute approximate surface area is 143 Å². The van der Waals surface area contributed by atoms with Crippen molar-refractivity contribution in [2.24, 2.45) is 5.14 Å². The molecule has 6 nitrogen and oxygen atoms in total. The molecule has 0 fully saturated rings. The van der Waals surface area contributed by atoms with Gasteiger partial charge in [0.05, 0.1) is 9.79 Å². The van der Waals surface area contributed by atoms with Crippen LogP contribution in [-0.2, 0) is 26.6 Å². The first kappa shape index (κ1) is 18.1. The Kier molecular flexibility index (Phi) is 5.27.